The Morgan fingerprint density at radius 3 is 3.15 bits per heavy atom. The van der Waals surface area contributed by atoms with Gasteiger partial charge in [-0.05, 0) is 6.92 Å². The minimum Gasteiger partial charge on any atom is -0.381 e. The fourth-order valence-electron chi connectivity index (χ4n) is 0.767. The van der Waals surface area contributed by atoms with E-state index in [1.165, 1.54) is 11.0 Å². The van der Waals surface area contributed by atoms with Crippen LogP contribution in [0.5, 0.6) is 0 Å². The van der Waals surface area contributed by atoms with E-state index in [-0.39, 0.29) is 0 Å². The van der Waals surface area contributed by atoms with E-state index in [9.17, 15) is 0 Å². The van der Waals surface area contributed by atoms with Crippen LogP contribution >= 0.6 is 0 Å². The molecule has 13 heavy (non-hydrogen) atoms. The summed E-state index contributed by atoms with van der Waals surface area (Å²) < 4.78 is 5.10. The number of anilines is 1. The Labute approximate surface area is 75.9 Å². The van der Waals surface area contributed by atoms with Crippen molar-refractivity contribution in [3.05, 3.63) is 6.20 Å². The lowest BCUT2D eigenvalue weighted by atomic mass is 10.5. The van der Waals surface area contributed by atoms with Crippen LogP contribution in [-0.2, 0) is 11.3 Å². The topological polar surface area (TPSA) is 89.8 Å². The molecule has 1 aromatic rings. The highest BCUT2D eigenvalue weighted by atomic mass is 16.5. The SMILES string of the molecule is CC(C#N)OCCn1ncc(N)n1. The van der Waals surface area contributed by atoms with Gasteiger partial charge in [0.05, 0.1) is 25.4 Å². The molecule has 0 aromatic carbocycles. The van der Waals surface area contributed by atoms with Gasteiger partial charge >= 0.3 is 0 Å². The van der Waals surface area contributed by atoms with Crippen LogP contribution in [-0.4, -0.2) is 27.7 Å². The number of hydrogen-bond donors (Lipinski definition) is 1. The molecule has 1 heterocycles. The fourth-order valence-corrected chi connectivity index (χ4v) is 0.767. The summed E-state index contributed by atoms with van der Waals surface area (Å²) in [5.74, 6) is 0.383. The van der Waals surface area contributed by atoms with E-state index in [1.807, 2.05) is 6.07 Å². The molecule has 6 nitrogen and oxygen atoms in total. The Kier molecular flexibility index (Phi) is 3.23. The molecule has 0 bridgehead atoms. The summed E-state index contributed by atoms with van der Waals surface area (Å²) in [7, 11) is 0. The number of nitrogens with zero attached hydrogens (tertiary/aromatic N) is 4. The van der Waals surface area contributed by atoms with Gasteiger partial charge in [0.25, 0.3) is 0 Å². The number of nitrogens with two attached hydrogens (primary N) is 1. The van der Waals surface area contributed by atoms with Crippen molar-refractivity contribution in [2.45, 2.75) is 19.6 Å². The van der Waals surface area contributed by atoms with Crippen LogP contribution in [0.25, 0.3) is 0 Å². The van der Waals surface area contributed by atoms with Crippen LogP contribution in [0, 0.1) is 11.3 Å². The molecule has 0 radical (unpaired) electrons. The molecule has 0 saturated carbocycles. The quantitative estimate of drug-likeness (QED) is 0.694. The normalized spacial score (nSPS) is 12.3. The number of ether oxygens (including phenoxy) is 1. The highest BCUT2D eigenvalue weighted by molar-refractivity contribution is 5.19. The zero-order valence-corrected chi connectivity index (χ0v) is 7.34. The van der Waals surface area contributed by atoms with Crippen LogP contribution in [0.1, 0.15) is 6.92 Å². The first-order valence-electron chi connectivity index (χ1n) is 3.89. The van der Waals surface area contributed by atoms with Gasteiger partial charge in [-0.1, -0.05) is 0 Å². The molecule has 70 valence electrons. The first-order valence-corrected chi connectivity index (χ1v) is 3.89. The van der Waals surface area contributed by atoms with E-state index in [2.05, 4.69) is 10.2 Å². The van der Waals surface area contributed by atoms with Gasteiger partial charge in [0.2, 0.25) is 0 Å². The Balaban J connectivity index is 2.25. The van der Waals surface area contributed by atoms with Crippen molar-refractivity contribution in [3.63, 3.8) is 0 Å². The molecule has 0 aliphatic heterocycles. The predicted molar refractivity (Wildman–Crippen MR) is 45.5 cm³/mol. The number of rotatable bonds is 4. The van der Waals surface area contributed by atoms with Crippen molar-refractivity contribution < 1.29 is 4.74 Å². The maximum atomic E-state index is 8.40. The van der Waals surface area contributed by atoms with Gasteiger partial charge < -0.3 is 10.5 Å². The summed E-state index contributed by atoms with van der Waals surface area (Å²) >= 11 is 0. The average molecular weight is 181 g/mol. The lowest BCUT2D eigenvalue weighted by Crippen LogP contribution is -2.13. The standard InChI is InChI=1S/C7H11N5O/c1-6(4-8)13-3-2-12-10-5-7(9)11-12/h5-6H,2-3H2,1H3,(H2,9,11). The van der Waals surface area contributed by atoms with E-state index in [1.54, 1.807) is 6.92 Å². The minimum atomic E-state index is -0.395. The third-order valence-electron chi connectivity index (χ3n) is 1.40. The summed E-state index contributed by atoms with van der Waals surface area (Å²) in [5.41, 5.74) is 5.35. The van der Waals surface area contributed by atoms with Gasteiger partial charge in [-0.2, -0.15) is 15.2 Å². The molecule has 0 aliphatic rings. The first-order chi connectivity index (χ1) is 6.22. The van der Waals surface area contributed by atoms with E-state index < -0.39 is 6.10 Å². The third-order valence-corrected chi connectivity index (χ3v) is 1.40. The maximum absolute atomic E-state index is 8.40. The van der Waals surface area contributed by atoms with Crippen LogP contribution in [0.3, 0.4) is 0 Å². The van der Waals surface area contributed by atoms with Crippen molar-refractivity contribution >= 4 is 5.82 Å². The van der Waals surface area contributed by atoms with Crippen LogP contribution in [0.4, 0.5) is 5.82 Å². The molecular weight excluding hydrogens is 170 g/mol. The average Bonchev–Trinajstić information content (AvgIpc) is 2.51. The van der Waals surface area contributed by atoms with Crippen molar-refractivity contribution in [2.75, 3.05) is 12.3 Å². The maximum Gasteiger partial charge on any atom is 0.165 e. The zero-order chi connectivity index (χ0) is 9.68. The van der Waals surface area contributed by atoms with Crippen molar-refractivity contribution in [1.29, 1.82) is 5.26 Å². The second-order valence-electron chi connectivity index (χ2n) is 2.51. The molecular formula is C7H11N5O. The van der Waals surface area contributed by atoms with Gasteiger partial charge in [-0.3, -0.25) is 0 Å². The Morgan fingerprint density at radius 2 is 2.62 bits per heavy atom. The molecule has 0 aliphatic carbocycles. The molecule has 0 fully saturated rings. The molecule has 1 aromatic heterocycles. The van der Waals surface area contributed by atoms with E-state index in [0.29, 0.717) is 19.0 Å². The minimum absolute atomic E-state index is 0.383. The molecule has 1 unspecified atom stereocenters. The van der Waals surface area contributed by atoms with Crippen molar-refractivity contribution in [1.82, 2.24) is 15.0 Å². The largest absolute Gasteiger partial charge is 0.381 e. The Morgan fingerprint density at radius 1 is 1.85 bits per heavy atom. The summed E-state index contributed by atoms with van der Waals surface area (Å²) in [6.07, 6.45) is 1.07. The molecule has 1 rings (SSSR count). The summed E-state index contributed by atoms with van der Waals surface area (Å²) in [6.45, 7) is 2.59. The summed E-state index contributed by atoms with van der Waals surface area (Å²) in [5, 5.41) is 16.1. The van der Waals surface area contributed by atoms with Crippen LogP contribution < -0.4 is 5.73 Å². The molecule has 6 heteroatoms. The Hall–Kier alpha value is -1.61. The zero-order valence-electron chi connectivity index (χ0n) is 7.34. The van der Waals surface area contributed by atoms with Crippen molar-refractivity contribution in [3.8, 4) is 6.07 Å². The monoisotopic (exact) mass is 181 g/mol. The molecule has 2 N–H and O–H groups in total. The molecule has 0 spiro atoms. The van der Waals surface area contributed by atoms with Gasteiger partial charge in [0, 0.05) is 0 Å². The lowest BCUT2D eigenvalue weighted by molar-refractivity contribution is 0.0906. The molecule has 0 amide bonds. The van der Waals surface area contributed by atoms with Gasteiger partial charge in [0.1, 0.15) is 6.10 Å². The number of nitriles is 1. The molecule has 1 atom stereocenters. The van der Waals surface area contributed by atoms with Crippen molar-refractivity contribution in [2.24, 2.45) is 0 Å². The second-order valence-corrected chi connectivity index (χ2v) is 2.51. The van der Waals surface area contributed by atoms with E-state index in [4.69, 9.17) is 15.7 Å². The second kappa shape index (κ2) is 4.42. The highest BCUT2D eigenvalue weighted by Gasteiger charge is 2.00. The van der Waals surface area contributed by atoms with Gasteiger partial charge in [0.15, 0.2) is 5.82 Å². The predicted octanol–water partition coefficient (Wildman–Crippen LogP) is -0.211. The van der Waals surface area contributed by atoms with E-state index in [0.717, 1.165) is 0 Å². The number of hydrogen-bond acceptors (Lipinski definition) is 5. The fraction of sp³-hybridized carbons (Fsp3) is 0.571. The number of nitrogen functional groups attached to an aromatic ring is 1. The van der Waals surface area contributed by atoms with Crippen LogP contribution in [0.2, 0.25) is 0 Å². The third kappa shape index (κ3) is 3.09. The lowest BCUT2D eigenvalue weighted by Gasteiger charge is -2.03. The van der Waals surface area contributed by atoms with Gasteiger partial charge in [-0.15, -0.1) is 5.10 Å². The smallest absolute Gasteiger partial charge is 0.165 e. The number of aromatic nitrogens is 3. The Bertz CT molecular complexity index is 302. The highest BCUT2D eigenvalue weighted by Crippen LogP contribution is 1.92. The van der Waals surface area contributed by atoms with Gasteiger partial charge in [-0.25, -0.2) is 0 Å². The van der Waals surface area contributed by atoms with Crippen LogP contribution in [0.15, 0.2) is 6.20 Å². The summed E-state index contributed by atoms with van der Waals surface area (Å²) in [4.78, 5) is 1.43. The van der Waals surface area contributed by atoms with E-state index >= 15 is 0 Å². The summed E-state index contributed by atoms with van der Waals surface area (Å²) in [6, 6.07) is 1.96. The molecule has 0 saturated heterocycles. The first kappa shape index (κ1) is 9.48.